The van der Waals surface area contributed by atoms with E-state index >= 15 is 0 Å². The molecule has 172 valence electrons. The molecule has 2 atom stereocenters. The van der Waals surface area contributed by atoms with Crippen LogP contribution >= 0.6 is 0 Å². The Morgan fingerprint density at radius 2 is 1.50 bits per heavy atom. The van der Waals surface area contributed by atoms with Gasteiger partial charge < -0.3 is 18.9 Å². The topological polar surface area (TPSA) is 83.4 Å². The van der Waals surface area contributed by atoms with Gasteiger partial charge in [0.2, 0.25) is 0 Å². The van der Waals surface area contributed by atoms with Crippen LogP contribution in [-0.4, -0.2) is 54.9 Å². The van der Waals surface area contributed by atoms with Crippen molar-refractivity contribution in [3.63, 3.8) is 0 Å². The van der Waals surface area contributed by atoms with Gasteiger partial charge in [0.15, 0.2) is 32.8 Å². The Bertz CT molecular complexity index is 1170. The van der Waals surface area contributed by atoms with Crippen LogP contribution in [0.25, 0.3) is 0 Å². The SMILES string of the molecule is COc1cc2c(cc1OC)[C@H]1CCCC[C@H]1N=C2c1cc(OC)c(OC)c(S(C)(=O)=O)c1. The molecule has 0 bridgehead atoms. The van der Waals surface area contributed by atoms with Crippen molar-refractivity contribution < 1.29 is 27.4 Å². The van der Waals surface area contributed by atoms with Crippen LogP contribution in [0.4, 0.5) is 0 Å². The lowest BCUT2D eigenvalue weighted by Gasteiger charge is -2.36. The zero-order valence-corrected chi connectivity index (χ0v) is 19.9. The van der Waals surface area contributed by atoms with E-state index in [1.54, 1.807) is 26.4 Å². The summed E-state index contributed by atoms with van der Waals surface area (Å²) < 4.78 is 47.1. The molecule has 0 saturated heterocycles. The average Bonchev–Trinajstić information content (AvgIpc) is 2.80. The van der Waals surface area contributed by atoms with Gasteiger partial charge in [0, 0.05) is 23.3 Å². The van der Waals surface area contributed by atoms with E-state index in [0.717, 1.165) is 48.8 Å². The molecule has 2 aliphatic rings. The highest BCUT2D eigenvalue weighted by molar-refractivity contribution is 7.90. The third kappa shape index (κ3) is 3.81. The molecular weight excluding hydrogens is 430 g/mol. The highest BCUT2D eigenvalue weighted by Crippen LogP contribution is 2.46. The molecule has 0 aromatic heterocycles. The molecule has 32 heavy (non-hydrogen) atoms. The first-order chi connectivity index (χ1) is 15.3. The quantitative estimate of drug-likeness (QED) is 0.649. The van der Waals surface area contributed by atoms with E-state index in [1.807, 2.05) is 12.1 Å². The van der Waals surface area contributed by atoms with Crippen molar-refractivity contribution in [2.24, 2.45) is 4.99 Å². The monoisotopic (exact) mass is 459 g/mol. The van der Waals surface area contributed by atoms with E-state index in [2.05, 4.69) is 0 Å². The maximum absolute atomic E-state index is 12.6. The molecule has 1 fully saturated rings. The van der Waals surface area contributed by atoms with Crippen molar-refractivity contribution in [3.8, 4) is 23.0 Å². The van der Waals surface area contributed by atoms with Crippen LogP contribution in [-0.2, 0) is 9.84 Å². The molecule has 0 unspecified atom stereocenters. The molecule has 4 rings (SSSR count). The fourth-order valence-electron chi connectivity index (χ4n) is 4.84. The van der Waals surface area contributed by atoms with Crippen molar-refractivity contribution in [2.75, 3.05) is 34.7 Å². The Balaban J connectivity index is 1.99. The Hall–Kier alpha value is -2.74. The van der Waals surface area contributed by atoms with Crippen molar-refractivity contribution >= 4 is 15.5 Å². The molecule has 1 saturated carbocycles. The van der Waals surface area contributed by atoms with E-state index in [-0.39, 0.29) is 16.7 Å². The number of aliphatic imine (C=N–C) groups is 1. The molecule has 0 spiro atoms. The Labute approximate surface area is 189 Å². The molecule has 0 radical (unpaired) electrons. The summed E-state index contributed by atoms with van der Waals surface area (Å²) in [7, 11) is 2.60. The summed E-state index contributed by atoms with van der Waals surface area (Å²) in [5.74, 6) is 2.13. The first-order valence-electron chi connectivity index (χ1n) is 10.6. The van der Waals surface area contributed by atoms with Crippen LogP contribution in [0.1, 0.15) is 48.3 Å². The lowest BCUT2D eigenvalue weighted by atomic mass is 9.75. The number of nitrogens with zero attached hydrogens (tertiary/aromatic N) is 1. The lowest BCUT2D eigenvalue weighted by Crippen LogP contribution is -2.29. The molecule has 1 aliphatic heterocycles. The minimum absolute atomic E-state index is 0.0739. The van der Waals surface area contributed by atoms with Crippen LogP contribution in [0.3, 0.4) is 0 Å². The predicted octanol–water partition coefficient (Wildman–Crippen LogP) is 4.00. The number of benzene rings is 2. The van der Waals surface area contributed by atoms with E-state index in [1.165, 1.54) is 14.2 Å². The molecule has 2 aromatic rings. The van der Waals surface area contributed by atoms with E-state index in [0.29, 0.717) is 28.7 Å². The highest BCUT2D eigenvalue weighted by atomic mass is 32.2. The Morgan fingerprint density at radius 1 is 0.844 bits per heavy atom. The van der Waals surface area contributed by atoms with Gasteiger partial charge in [-0.05, 0) is 42.7 Å². The first-order valence-corrected chi connectivity index (χ1v) is 12.5. The first kappa shape index (κ1) is 22.5. The van der Waals surface area contributed by atoms with Crippen LogP contribution < -0.4 is 18.9 Å². The van der Waals surface area contributed by atoms with Gasteiger partial charge in [0.25, 0.3) is 0 Å². The zero-order chi connectivity index (χ0) is 23.0. The predicted molar refractivity (Wildman–Crippen MR) is 123 cm³/mol. The normalized spacial score (nSPS) is 20.0. The molecule has 0 amide bonds. The zero-order valence-electron chi connectivity index (χ0n) is 19.1. The van der Waals surface area contributed by atoms with Crippen LogP contribution in [0.5, 0.6) is 23.0 Å². The number of sulfone groups is 1. The summed E-state index contributed by atoms with van der Waals surface area (Å²) in [6.07, 6.45) is 5.50. The number of rotatable bonds is 6. The van der Waals surface area contributed by atoms with Gasteiger partial charge in [-0.3, -0.25) is 4.99 Å². The van der Waals surface area contributed by atoms with Gasteiger partial charge in [-0.2, -0.15) is 0 Å². The Morgan fingerprint density at radius 3 is 2.12 bits per heavy atom. The highest BCUT2D eigenvalue weighted by Gasteiger charge is 2.35. The summed E-state index contributed by atoms with van der Waals surface area (Å²) in [6.45, 7) is 0. The maximum atomic E-state index is 12.6. The smallest absolute Gasteiger partial charge is 0.179 e. The third-order valence-electron chi connectivity index (χ3n) is 6.35. The second-order valence-electron chi connectivity index (χ2n) is 8.21. The van der Waals surface area contributed by atoms with Gasteiger partial charge in [0.05, 0.1) is 40.2 Å². The molecule has 1 heterocycles. The minimum Gasteiger partial charge on any atom is -0.493 e. The second-order valence-corrected chi connectivity index (χ2v) is 10.2. The van der Waals surface area contributed by atoms with Gasteiger partial charge >= 0.3 is 0 Å². The van der Waals surface area contributed by atoms with E-state index in [9.17, 15) is 8.42 Å². The number of ether oxygens (including phenoxy) is 4. The second kappa shape index (κ2) is 8.65. The van der Waals surface area contributed by atoms with Gasteiger partial charge in [-0.25, -0.2) is 8.42 Å². The van der Waals surface area contributed by atoms with Gasteiger partial charge in [0.1, 0.15) is 4.90 Å². The summed E-state index contributed by atoms with van der Waals surface area (Å²) in [4.78, 5) is 5.20. The molecule has 8 heteroatoms. The fraction of sp³-hybridized carbons (Fsp3) is 0.458. The average molecular weight is 460 g/mol. The summed E-state index contributed by atoms with van der Waals surface area (Å²) in [6, 6.07) is 7.53. The molecular formula is C24H29NO6S. The molecule has 1 aliphatic carbocycles. The lowest BCUT2D eigenvalue weighted by molar-refractivity contribution is 0.346. The van der Waals surface area contributed by atoms with Gasteiger partial charge in [-0.15, -0.1) is 0 Å². The van der Waals surface area contributed by atoms with Crippen molar-refractivity contribution in [1.29, 1.82) is 0 Å². The number of hydrogen-bond donors (Lipinski definition) is 0. The summed E-state index contributed by atoms with van der Waals surface area (Å²) in [5.41, 5.74) is 3.49. The Kier molecular flexibility index (Phi) is 6.07. The number of methoxy groups -OCH3 is 4. The van der Waals surface area contributed by atoms with E-state index < -0.39 is 9.84 Å². The van der Waals surface area contributed by atoms with Gasteiger partial charge in [-0.1, -0.05) is 12.8 Å². The van der Waals surface area contributed by atoms with Crippen LogP contribution in [0.2, 0.25) is 0 Å². The van der Waals surface area contributed by atoms with E-state index in [4.69, 9.17) is 23.9 Å². The standard InChI is InChI=1S/C24H29NO6S/c1-28-19-12-16-15-8-6-7-9-18(15)25-23(17(16)13-20(19)29-2)14-10-21(30-3)24(31-4)22(11-14)32(5,26)27/h10-13,15,18H,6-9H2,1-5H3/t15-,18-/m1/s1. The van der Waals surface area contributed by atoms with Crippen molar-refractivity contribution in [1.82, 2.24) is 0 Å². The largest absolute Gasteiger partial charge is 0.493 e. The number of fused-ring (bicyclic) bond motifs is 3. The number of hydrogen-bond acceptors (Lipinski definition) is 7. The van der Waals surface area contributed by atoms with Crippen LogP contribution in [0, 0.1) is 0 Å². The molecule has 0 N–H and O–H groups in total. The summed E-state index contributed by atoms with van der Waals surface area (Å²) in [5, 5.41) is 0. The van der Waals surface area contributed by atoms with Crippen molar-refractivity contribution in [2.45, 2.75) is 42.5 Å². The molecule has 2 aromatic carbocycles. The summed E-state index contributed by atoms with van der Waals surface area (Å²) >= 11 is 0. The fourth-order valence-corrected chi connectivity index (χ4v) is 5.70. The van der Waals surface area contributed by atoms with Crippen LogP contribution in [0.15, 0.2) is 34.2 Å². The maximum Gasteiger partial charge on any atom is 0.179 e. The minimum atomic E-state index is -3.57. The van der Waals surface area contributed by atoms with Crippen molar-refractivity contribution in [3.05, 3.63) is 41.0 Å². The molecule has 7 nitrogen and oxygen atoms in total. The third-order valence-corrected chi connectivity index (χ3v) is 7.45.